The molecule has 2 rings (SSSR count). The average molecular weight is 417 g/mol. The van der Waals surface area contributed by atoms with Crippen LogP contribution in [0.1, 0.15) is 18.1 Å². The third-order valence-electron chi connectivity index (χ3n) is 4.27. The van der Waals surface area contributed by atoms with Gasteiger partial charge < -0.3 is 20.1 Å². The van der Waals surface area contributed by atoms with Crippen LogP contribution in [-0.2, 0) is 32.0 Å². The van der Waals surface area contributed by atoms with Crippen molar-refractivity contribution >= 4 is 17.8 Å². The van der Waals surface area contributed by atoms with Gasteiger partial charge in [-0.2, -0.15) is 0 Å². The average Bonchev–Trinajstić information content (AvgIpc) is 2.72. The van der Waals surface area contributed by atoms with Crippen LogP contribution in [0.3, 0.4) is 0 Å². The van der Waals surface area contributed by atoms with Crippen LogP contribution in [0.5, 0.6) is 5.88 Å². The summed E-state index contributed by atoms with van der Waals surface area (Å²) in [6, 6.07) is 7.08. The Morgan fingerprint density at radius 2 is 1.77 bits per heavy atom. The van der Waals surface area contributed by atoms with Crippen LogP contribution in [0.15, 0.2) is 42.6 Å². The molecule has 30 heavy (non-hydrogen) atoms. The van der Waals surface area contributed by atoms with Crippen molar-refractivity contribution in [1.29, 1.82) is 0 Å². The normalized spacial score (nSPS) is 12.4. The summed E-state index contributed by atoms with van der Waals surface area (Å²) in [6.45, 7) is 1.27. The number of aromatic nitrogens is 1. The van der Waals surface area contributed by atoms with Crippen molar-refractivity contribution in [3.63, 3.8) is 0 Å². The smallest absolute Gasteiger partial charge is 0.328 e. The van der Waals surface area contributed by atoms with E-state index < -0.39 is 35.7 Å². The van der Waals surface area contributed by atoms with E-state index in [-0.39, 0.29) is 12.8 Å². The Bertz CT molecular complexity index is 888. The van der Waals surface area contributed by atoms with Crippen molar-refractivity contribution in [2.45, 2.75) is 31.8 Å². The number of amides is 2. The molecule has 0 saturated heterocycles. The maximum atomic E-state index is 13.5. The van der Waals surface area contributed by atoms with Crippen LogP contribution in [0, 0.1) is 5.82 Å². The van der Waals surface area contributed by atoms with E-state index in [1.54, 1.807) is 18.2 Å². The van der Waals surface area contributed by atoms with Crippen molar-refractivity contribution in [2.75, 3.05) is 14.2 Å². The number of benzene rings is 1. The number of nitrogens with zero attached hydrogens (tertiary/aromatic N) is 1. The van der Waals surface area contributed by atoms with Gasteiger partial charge in [0.1, 0.15) is 17.9 Å². The molecule has 0 spiro atoms. The first-order valence-corrected chi connectivity index (χ1v) is 9.21. The summed E-state index contributed by atoms with van der Waals surface area (Å²) < 4.78 is 23.3. The predicted octanol–water partition coefficient (Wildman–Crippen LogP) is 1.18. The summed E-state index contributed by atoms with van der Waals surface area (Å²) >= 11 is 0. The third kappa shape index (κ3) is 6.84. The highest BCUT2D eigenvalue weighted by molar-refractivity contribution is 5.90. The molecule has 0 radical (unpaired) electrons. The minimum absolute atomic E-state index is 0.0567. The molecule has 0 bridgehead atoms. The third-order valence-corrected chi connectivity index (χ3v) is 4.27. The number of esters is 1. The van der Waals surface area contributed by atoms with Crippen molar-refractivity contribution in [3.8, 4) is 5.88 Å². The van der Waals surface area contributed by atoms with Crippen molar-refractivity contribution in [2.24, 2.45) is 0 Å². The molecule has 0 fully saturated rings. The molecule has 2 amide bonds. The number of pyridine rings is 1. The summed E-state index contributed by atoms with van der Waals surface area (Å²) in [5, 5.41) is 5.14. The molecule has 0 aliphatic heterocycles. The van der Waals surface area contributed by atoms with E-state index in [1.165, 1.54) is 45.5 Å². The second kappa shape index (κ2) is 10.9. The number of halogens is 1. The van der Waals surface area contributed by atoms with Crippen LogP contribution < -0.4 is 15.4 Å². The van der Waals surface area contributed by atoms with Crippen molar-refractivity contribution in [3.05, 3.63) is 59.5 Å². The van der Waals surface area contributed by atoms with E-state index in [1.807, 2.05) is 0 Å². The molecule has 2 aromatic rings. The van der Waals surface area contributed by atoms with Crippen LogP contribution in [0.25, 0.3) is 0 Å². The molecule has 160 valence electrons. The lowest BCUT2D eigenvalue weighted by Crippen LogP contribution is -2.53. The number of hydrogen-bond acceptors (Lipinski definition) is 6. The Morgan fingerprint density at radius 1 is 1.03 bits per heavy atom. The molecule has 2 atom stereocenters. The van der Waals surface area contributed by atoms with Gasteiger partial charge in [-0.05, 0) is 23.3 Å². The lowest BCUT2D eigenvalue weighted by Gasteiger charge is -2.22. The maximum Gasteiger partial charge on any atom is 0.328 e. The molecule has 0 aliphatic carbocycles. The van der Waals surface area contributed by atoms with Gasteiger partial charge in [0, 0.05) is 32.0 Å². The highest BCUT2D eigenvalue weighted by Gasteiger charge is 2.27. The first-order chi connectivity index (χ1) is 14.3. The minimum Gasteiger partial charge on any atom is -0.481 e. The van der Waals surface area contributed by atoms with Gasteiger partial charge in [-0.1, -0.05) is 18.2 Å². The summed E-state index contributed by atoms with van der Waals surface area (Å²) in [6.07, 6.45) is 1.71. The Morgan fingerprint density at radius 3 is 2.33 bits per heavy atom. The molecule has 9 heteroatoms. The first-order valence-electron chi connectivity index (χ1n) is 9.21. The number of rotatable bonds is 9. The predicted molar refractivity (Wildman–Crippen MR) is 106 cm³/mol. The van der Waals surface area contributed by atoms with Gasteiger partial charge in [0.05, 0.1) is 14.2 Å². The van der Waals surface area contributed by atoms with E-state index in [4.69, 9.17) is 9.47 Å². The zero-order chi connectivity index (χ0) is 22.1. The standard InChI is InChI=1S/C21H24FN3O5/c1-13(26)24-17(10-14-5-4-6-16(22)9-14)20(27)25-18(21(28)30-3)11-15-7-8-19(29-2)23-12-15/h4-9,12,17-18H,10-11H2,1-3H3,(H,24,26)(H,25,27)/t17-,18+/m1/s1. The van der Waals surface area contributed by atoms with Crippen LogP contribution in [-0.4, -0.2) is 49.1 Å². The van der Waals surface area contributed by atoms with Gasteiger partial charge in [-0.25, -0.2) is 14.2 Å². The molecule has 2 N–H and O–H groups in total. The van der Waals surface area contributed by atoms with Crippen molar-refractivity contribution in [1.82, 2.24) is 15.6 Å². The molecule has 1 heterocycles. The number of ether oxygens (including phenoxy) is 2. The SMILES string of the molecule is COC(=O)[C@H](Cc1ccc(OC)nc1)NC(=O)[C@@H](Cc1cccc(F)c1)NC(C)=O. The fraction of sp³-hybridized carbons (Fsp3) is 0.333. The molecule has 1 aromatic heterocycles. The van der Waals surface area contributed by atoms with E-state index >= 15 is 0 Å². The zero-order valence-corrected chi connectivity index (χ0v) is 17.0. The van der Waals surface area contributed by atoms with Gasteiger partial charge >= 0.3 is 5.97 Å². The number of hydrogen-bond donors (Lipinski definition) is 2. The van der Waals surface area contributed by atoms with E-state index in [9.17, 15) is 18.8 Å². The minimum atomic E-state index is -0.999. The van der Waals surface area contributed by atoms with Crippen molar-refractivity contribution < 1.29 is 28.2 Å². The van der Waals surface area contributed by atoms with Gasteiger partial charge in [-0.15, -0.1) is 0 Å². The number of carbonyl (C=O) groups is 3. The fourth-order valence-corrected chi connectivity index (χ4v) is 2.85. The summed E-state index contributed by atoms with van der Waals surface area (Å²) in [4.78, 5) is 40.7. The Hall–Kier alpha value is -3.49. The van der Waals surface area contributed by atoms with E-state index in [2.05, 4.69) is 15.6 Å². The highest BCUT2D eigenvalue weighted by atomic mass is 19.1. The molecule has 0 saturated carbocycles. The summed E-state index contributed by atoms with van der Waals surface area (Å²) in [7, 11) is 2.70. The number of carbonyl (C=O) groups excluding carboxylic acids is 3. The molecule has 0 aliphatic rings. The number of nitrogens with one attached hydrogen (secondary N) is 2. The van der Waals surface area contributed by atoms with Gasteiger partial charge in [0.15, 0.2) is 0 Å². The molecule has 0 unspecified atom stereocenters. The van der Waals surface area contributed by atoms with Gasteiger partial charge in [-0.3, -0.25) is 9.59 Å². The number of methoxy groups -OCH3 is 2. The lowest BCUT2D eigenvalue weighted by atomic mass is 10.0. The largest absolute Gasteiger partial charge is 0.481 e. The van der Waals surface area contributed by atoms with Crippen LogP contribution in [0.4, 0.5) is 4.39 Å². The topological polar surface area (TPSA) is 107 Å². The molecule has 8 nitrogen and oxygen atoms in total. The molecular formula is C21H24FN3O5. The molecular weight excluding hydrogens is 393 g/mol. The summed E-state index contributed by atoms with van der Waals surface area (Å²) in [5.74, 6) is -1.70. The van der Waals surface area contributed by atoms with Crippen LogP contribution in [0.2, 0.25) is 0 Å². The summed E-state index contributed by atoms with van der Waals surface area (Å²) in [5.41, 5.74) is 1.20. The maximum absolute atomic E-state index is 13.5. The Kier molecular flexibility index (Phi) is 8.28. The lowest BCUT2D eigenvalue weighted by molar-refractivity contribution is -0.145. The van der Waals surface area contributed by atoms with E-state index in [0.29, 0.717) is 17.0 Å². The van der Waals surface area contributed by atoms with Crippen LogP contribution >= 0.6 is 0 Å². The van der Waals surface area contributed by atoms with Gasteiger partial charge in [0.2, 0.25) is 17.7 Å². The second-order valence-corrected chi connectivity index (χ2v) is 6.58. The zero-order valence-electron chi connectivity index (χ0n) is 17.0. The monoisotopic (exact) mass is 417 g/mol. The first kappa shape index (κ1) is 22.8. The van der Waals surface area contributed by atoms with E-state index in [0.717, 1.165) is 0 Å². The Labute approximate surface area is 173 Å². The highest BCUT2D eigenvalue weighted by Crippen LogP contribution is 2.11. The second-order valence-electron chi connectivity index (χ2n) is 6.58. The van der Waals surface area contributed by atoms with Gasteiger partial charge in [0.25, 0.3) is 0 Å². The Balaban J connectivity index is 2.16. The fourth-order valence-electron chi connectivity index (χ4n) is 2.85. The quantitative estimate of drug-likeness (QED) is 0.594. The molecule has 1 aromatic carbocycles.